The first kappa shape index (κ1) is 21.3. The van der Waals surface area contributed by atoms with Crippen molar-refractivity contribution in [3.8, 4) is 5.69 Å². The molecule has 3 rings (SSSR count). The molecule has 0 radical (unpaired) electrons. The van der Waals surface area contributed by atoms with Gasteiger partial charge in [0.2, 0.25) is 0 Å². The molecule has 158 valence electrons. The molecule has 7 nitrogen and oxygen atoms in total. The zero-order valence-electron chi connectivity index (χ0n) is 17.8. The number of guanidine groups is 1. The Hall–Kier alpha value is -2.38. The number of nitrogens with zero attached hydrogens (tertiary/aromatic N) is 4. The molecular weight excluding hydrogens is 364 g/mol. The van der Waals surface area contributed by atoms with Gasteiger partial charge >= 0.3 is 0 Å². The average Bonchev–Trinajstić information content (AvgIpc) is 3.28. The smallest absolute Gasteiger partial charge is 0.191 e. The van der Waals surface area contributed by atoms with Crippen molar-refractivity contribution in [2.75, 3.05) is 39.9 Å². The van der Waals surface area contributed by atoms with E-state index >= 15 is 0 Å². The molecule has 1 aliphatic rings. The highest BCUT2D eigenvalue weighted by Crippen LogP contribution is 2.13. The van der Waals surface area contributed by atoms with E-state index in [1.54, 1.807) is 6.20 Å². The third-order valence-corrected chi connectivity index (χ3v) is 5.17. The lowest BCUT2D eigenvalue weighted by molar-refractivity contribution is 0.0132. The minimum Gasteiger partial charge on any atom is -0.379 e. The number of hydrogen-bond donors (Lipinski definition) is 2. The summed E-state index contributed by atoms with van der Waals surface area (Å²) in [5.74, 6) is 1.49. The monoisotopic (exact) mass is 398 g/mol. The molecule has 1 aromatic heterocycles. The zero-order valence-corrected chi connectivity index (χ0v) is 17.8. The van der Waals surface area contributed by atoms with Crippen LogP contribution in [0.2, 0.25) is 0 Å². The Bertz CT molecular complexity index is 752. The van der Waals surface area contributed by atoms with E-state index in [4.69, 9.17) is 4.74 Å². The van der Waals surface area contributed by atoms with Crippen molar-refractivity contribution in [2.24, 2.45) is 10.9 Å². The number of rotatable bonds is 8. The summed E-state index contributed by atoms with van der Waals surface area (Å²) < 4.78 is 7.39. The molecule has 1 atom stereocenters. The largest absolute Gasteiger partial charge is 0.379 e. The number of benzene rings is 1. The summed E-state index contributed by atoms with van der Waals surface area (Å²) in [5.41, 5.74) is 2.24. The van der Waals surface area contributed by atoms with Crippen LogP contribution < -0.4 is 10.6 Å². The van der Waals surface area contributed by atoms with Crippen LogP contribution in [0.3, 0.4) is 0 Å². The van der Waals surface area contributed by atoms with Gasteiger partial charge in [-0.2, -0.15) is 5.10 Å². The maximum Gasteiger partial charge on any atom is 0.191 e. The summed E-state index contributed by atoms with van der Waals surface area (Å²) in [6, 6.07) is 10.8. The van der Waals surface area contributed by atoms with Gasteiger partial charge < -0.3 is 15.4 Å². The van der Waals surface area contributed by atoms with Crippen molar-refractivity contribution in [3.63, 3.8) is 0 Å². The fraction of sp³-hybridized carbons (Fsp3) is 0.545. The predicted octanol–water partition coefficient (Wildman–Crippen LogP) is 2.28. The van der Waals surface area contributed by atoms with Crippen LogP contribution in [0.4, 0.5) is 0 Å². The second-order valence-electron chi connectivity index (χ2n) is 7.86. The molecule has 1 aliphatic heterocycles. The lowest BCUT2D eigenvalue weighted by Crippen LogP contribution is -2.50. The number of morpholine rings is 1. The van der Waals surface area contributed by atoms with Gasteiger partial charge in [-0.15, -0.1) is 0 Å². The van der Waals surface area contributed by atoms with Crippen LogP contribution in [-0.4, -0.2) is 66.6 Å². The molecule has 1 saturated heterocycles. The van der Waals surface area contributed by atoms with Gasteiger partial charge in [0.25, 0.3) is 0 Å². The van der Waals surface area contributed by atoms with E-state index in [0.29, 0.717) is 18.5 Å². The minimum atomic E-state index is 0.487. The summed E-state index contributed by atoms with van der Waals surface area (Å²) in [7, 11) is 1.82. The molecule has 0 bridgehead atoms. The van der Waals surface area contributed by atoms with Gasteiger partial charge in [0.1, 0.15) is 0 Å². The summed E-state index contributed by atoms with van der Waals surface area (Å²) >= 11 is 0. The number of aliphatic imine (C=N–C) groups is 1. The first-order chi connectivity index (χ1) is 14.2. The van der Waals surface area contributed by atoms with Gasteiger partial charge in [-0.1, -0.05) is 26.0 Å². The molecule has 1 aromatic carbocycles. The minimum absolute atomic E-state index is 0.487. The van der Waals surface area contributed by atoms with Gasteiger partial charge in [0.15, 0.2) is 5.96 Å². The number of nitrogens with one attached hydrogen (secondary N) is 2. The molecule has 2 heterocycles. The van der Waals surface area contributed by atoms with E-state index in [2.05, 4.69) is 63.7 Å². The summed E-state index contributed by atoms with van der Waals surface area (Å²) in [6.45, 7) is 9.82. The molecule has 1 fully saturated rings. The molecule has 0 spiro atoms. The van der Waals surface area contributed by atoms with Gasteiger partial charge in [-0.3, -0.25) is 9.89 Å². The third kappa shape index (κ3) is 6.58. The Morgan fingerprint density at radius 2 is 2.03 bits per heavy atom. The Labute approximate surface area is 174 Å². The fourth-order valence-corrected chi connectivity index (χ4v) is 3.70. The van der Waals surface area contributed by atoms with E-state index in [1.807, 2.05) is 24.0 Å². The van der Waals surface area contributed by atoms with Crippen LogP contribution in [0, 0.1) is 5.92 Å². The number of hydrogen-bond acceptors (Lipinski definition) is 4. The molecule has 0 amide bonds. The highest BCUT2D eigenvalue weighted by molar-refractivity contribution is 5.79. The third-order valence-electron chi connectivity index (χ3n) is 5.17. The second-order valence-corrected chi connectivity index (χ2v) is 7.86. The van der Waals surface area contributed by atoms with Crippen LogP contribution in [0.25, 0.3) is 5.69 Å². The lowest BCUT2D eigenvalue weighted by Gasteiger charge is -2.35. The molecule has 0 saturated carbocycles. The van der Waals surface area contributed by atoms with Crippen molar-refractivity contribution in [2.45, 2.75) is 32.9 Å². The molecule has 7 heteroatoms. The van der Waals surface area contributed by atoms with Crippen LogP contribution in [-0.2, 0) is 11.3 Å². The Morgan fingerprint density at radius 1 is 1.21 bits per heavy atom. The Kier molecular flexibility index (Phi) is 8.07. The molecule has 1 unspecified atom stereocenters. The van der Waals surface area contributed by atoms with Gasteiger partial charge in [0.05, 0.1) is 18.9 Å². The first-order valence-corrected chi connectivity index (χ1v) is 10.5. The van der Waals surface area contributed by atoms with Crippen molar-refractivity contribution >= 4 is 5.96 Å². The predicted molar refractivity (Wildman–Crippen MR) is 117 cm³/mol. The molecular formula is C22H34N6O. The fourth-order valence-electron chi connectivity index (χ4n) is 3.70. The maximum atomic E-state index is 5.52. The number of aromatic nitrogens is 2. The average molecular weight is 399 g/mol. The summed E-state index contributed by atoms with van der Waals surface area (Å²) in [6.07, 6.45) is 4.90. The molecule has 2 aromatic rings. The zero-order chi connectivity index (χ0) is 20.5. The van der Waals surface area contributed by atoms with E-state index in [9.17, 15) is 0 Å². The van der Waals surface area contributed by atoms with Crippen molar-refractivity contribution in [1.82, 2.24) is 25.3 Å². The standard InChI is InChI=1S/C22H34N6O/c1-18(2)14-21(27-10-12-29-13-11-27)17-25-22(23-3)24-16-19-6-4-7-20(15-19)28-9-5-8-26-28/h4-9,15,18,21H,10-14,16-17H2,1-3H3,(H2,23,24,25). The highest BCUT2D eigenvalue weighted by Gasteiger charge is 2.22. The normalized spacial score (nSPS) is 16.8. The Balaban J connectivity index is 1.53. The van der Waals surface area contributed by atoms with Crippen LogP contribution >= 0.6 is 0 Å². The lowest BCUT2D eigenvalue weighted by atomic mass is 10.0. The topological polar surface area (TPSA) is 66.7 Å². The quantitative estimate of drug-likeness (QED) is 0.528. The molecule has 2 N–H and O–H groups in total. The molecule has 0 aliphatic carbocycles. The van der Waals surface area contributed by atoms with E-state index in [-0.39, 0.29) is 0 Å². The van der Waals surface area contributed by atoms with Crippen LogP contribution in [0.15, 0.2) is 47.7 Å². The van der Waals surface area contributed by atoms with E-state index < -0.39 is 0 Å². The Morgan fingerprint density at radius 3 is 2.72 bits per heavy atom. The van der Waals surface area contributed by atoms with Crippen LogP contribution in [0.5, 0.6) is 0 Å². The highest BCUT2D eigenvalue weighted by atomic mass is 16.5. The van der Waals surface area contributed by atoms with Crippen molar-refractivity contribution < 1.29 is 4.74 Å². The maximum absolute atomic E-state index is 5.52. The summed E-state index contributed by atoms with van der Waals surface area (Å²) in [5, 5.41) is 11.3. The second kappa shape index (κ2) is 11.0. The van der Waals surface area contributed by atoms with Crippen molar-refractivity contribution in [1.29, 1.82) is 0 Å². The molecule has 29 heavy (non-hydrogen) atoms. The van der Waals surface area contributed by atoms with Gasteiger partial charge in [-0.25, -0.2) is 4.68 Å². The number of ether oxygens (including phenoxy) is 1. The van der Waals surface area contributed by atoms with Crippen LogP contribution in [0.1, 0.15) is 25.8 Å². The van der Waals surface area contributed by atoms with Gasteiger partial charge in [0, 0.05) is 51.7 Å². The SMILES string of the molecule is CN=C(NCc1cccc(-n2cccn2)c1)NCC(CC(C)C)N1CCOCC1. The van der Waals surface area contributed by atoms with E-state index in [0.717, 1.165) is 50.9 Å². The summed E-state index contributed by atoms with van der Waals surface area (Å²) in [4.78, 5) is 6.94. The van der Waals surface area contributed by atoms with E-state index in [1.165, 1.54) is 5.56 Å². The van der Waals surface area contributed by atoms with Crippen molar-refractivity contribution in [3.05, 3.63) is 48.3 Å². The van der Waals surface area contributed by atoms with Gasteiger partial charge in [-0.05, 0) is 36.1 Å². The first-order valence-electron chi connectivity index (χ1n) is 10.5.